The lowest BCUT2D eigenvalue weighted by Gasteiger charge is -2.07. The maximum atomic E-state index is 12.3. The molecule has 2 aromatic carbocycles. The summed E-state index contributed by atoms with van der Waals surface area (Å²) in [7, 11) is -4.41. The smallest absolute Gasteiger partial charge is 0.321 e. The maximum Gasteiger partial charge on any atom is 0.356 e. The molecule has 2 aromatic rings. The van der Waals surface area contributed by atoms with Crippen LogP contribution in [0, 0.1) is 0 Å². The summed E-state index contributed by atoms with van der Waals surface area (Å²) >= 11 is 11.8. The normalized spacial score (nSPS) is 11.4. The molecule has 0 saturated heterocycles. The predicted octanol–water partition coefficient (Wildman–Crippen LogP) is 3.03. The number of ketones is 1. The minimum absolute atomic E-state index is 0.134. The Morgan fingerprint density at radius 3 is 2.40 bits per heavy atom. The van der Waals surface area contributed by atoms with E-state index in [1.54, 1.807) is 6.07 Å². The first-order valence-electron chi connectivity index (χ1n) is 5.45. The second-order valence-corrected chi connectivity index (χ2v) is 6.50. The van der Waals surface area contributed by atoms with E-state index in [0.717, 1.165) is 6.07 Å². The Morgan fingerprint density at radius 1 is 1.05 bits per heavy atom. The molecule has 0 radical (unpaired) electrons. The first kappa shape index (κ1) is 15.2. The van der Waals surface area contributed by atoms with E-state index < -0.39 is 13.4 Å². The van der Waals surface area contributed by atoms with Gasteiger partial charge in [-0.15, -0.1) is 0 Å². The van der Waals surface area contributed by atoms with Crippen molar-refractivity contribution in [2.24, 2.45) is 0 Å². The molecule has 2 rings (SSSR count). The summed E-state index contributed by atoms with van der Waals surface area (Å²) in [6.07, 6.45) is 0. The Morgan fingerprint density at radius 2 is 1.75 bits per heavy atom. The van der Waals surface area contributed by atoms with Crippen molar-refractivity contribution >= 4 is 41.9 Å². The van der Waals surface area contributed by atoms with Crippen molar-refractivity contribution in [3.63, 3.8) is 0 Å². The van der Waals surface area contributed by atoms with Gasteiger partial charge < -0.3 is 9.79 Å². The van der Waals surface area contributed by atoms with Crippen molar-refractivity contribution in [3.8, 4) is 0 Å². The van der Waals surface area contributed by atoms with E-state index in [2.05, 4.69) is 0 Å². The minimum Gasteiger partial charge on any atom is -0.321 e. The van der Waals surface area contributed by atoms with Crippen LogP contribution in [-0.2, 0) is 4.57 Å². The van der Waals surface area contributed by atoms with Crippen molar-refractivity contribution in [2.45, 2.75) is 0 Å². The highest BCUT2D eigenvalue weighted by molar-refractivity contribution is 7.60. The van der Waals surface area contributed by atoms with Crippen molar-refractivity contribution in [1.29, 1.82) is 0 Å². The zero-order chi connectivity index (χ0) is 14.9. The molecule has 104 valence electrons. The van der Waals surface area contributed by atoms with Crippen molar-refractivity contribution in [3.05, 3.63) is 63.6 Å². The van der Waals surface area contributed by atoms with Gasteiger partial charge in [-0.25, -0.2) is 0 Å². The Hall–Kier alpha value is -1.16. The summed E-state index contributed by atoms with van der Waals surface area (Å²) in [6, 6.07) is 9.73. The van der Waals surface area contributed by atoms with E-state index in [4.69, 9.17) is 33.0 Å². The van der Waals surface area contributed by atoms with Crippen LogP contribution in [-0.4, -0.2) is 15.6 Å². The SMILES string of the molecule is O=C(c1cccc(P(=O)(O)O)c1)c1cc(Cl)ccc1Cl. The number of carbonyl (C=O) groups excluding carboxylic acids is 1. The Labute approximate surface area is 125 Å². The largest absolute Gasteiger partial charge is 0.356 e. The van der Waals surface area contributed by atoms with E-state index in [1.165, 1.54) is 30.3 Å². The van der Waals surface area contributed by atoms with Crippen LogP contribution >= 0.6 is 30.8 Å². The first-order chi connectivity index (χ1) is 9.29. The van der Waals surface area contributed by atoms with Crippen molar-refractivity contribution < 1.29 is 19.1 Å². The van der Waals surface area contributed by atoms with Gasteiger partial charge in [0.15, 0.2) is 5.78 Å². The molecule has 0 saturated carbocycles. The minimum atomic E-state index is -4.41. The average molecular weight is 331 g/mol. The van der Waals surface area contributed by atoms with E-state index in [0.29, 0.717) is 5.02 Å². The first-order valence-corrected chi connectivity index (χ1v) is 7.82. The van der Waals surface area contributed by atoms with Crippen LogP contribution in [0.3, 0.4) is 0 Å². The summed E-state index contributed by atoms with van der Waals surface area (Å²) in [4.78, 5) is 30.5. The number of hydrogen-bond acceptors (Lipinski definition) is 2. The molecule has 0 amide bonds. The molecule has 0 aliphatic heterocycles. The number of halogens is 2. The van der Waals surface area contributed by atoms with Crippen LogP contribution in [0.1, 0.15) is 15.9 Å². The summed E-state index contributed by atoms with van der Waals surface area (Å²) in [5, 5.41) is 0.353. The highest BCUT2D eigenvalue weighted by Crippen LogP contribution is 2.33. The fourth-order valence-corrected chi connectivity index (χ4v) is 2.62. The van der Waals surface area contributed by atoms with Gasteiger partial charge in [-0.2, -0.15) is 0 Å². The van der Waals surface area contributed by atoms with Crippen LogP contribution in [0.2, 0.25) is 10.0 Å². The average Bonchev–Trinajstić information content (AvgIpc) is 2.40. The molecule has 4 nitrogen and oxygen atoms in total. The Kier molecular flexibility index (Phi) is 4.33. The summed E-state index contributed by atoms with van der Waals surface area (Å²) in [6.45, 7) is 0. The highest BCUT2D eigenvalue weighted by atomic mass is 35.5. The van der Waals surface area contributed by atoms with E-state index >= 15 is 0 Å². The van der Waals surface area contributed by atoms with E-state index in [1.807, 2.05) is 0 Å². The zero-order valence-corrected chi connectivity index (χ0v) is 12.4. The van der Waals surface area contributed by atoms with Crippen molar-refractivity contribution in [1.82, 2.24) is 0 Å². The topological polar surface area (TPSA) is 74.6 Å². The van der Waals surface area contributed by atoms with Crippen molar-refractivity contribution in [2.75, 3.05) is 0 Å². The second kappa shape index (κ2) is 5.68. The molecule has 0 atom stereocenters. The van der Waals surface area contributed by atoms with E-state index in [-0.39, 0.29) is 21.5 Å². The zero-order valence-electron chi connectivity index (χ0n) is 9.96. The molecule has 2 N–H and O–H groups in total. The molecule has 0 heterocycles. The number of carbonyl (C=O) groups is 1. The molecule has 0 aliphatic rings. The molecule has 7 heteroatoms. The molecular weight excluding hydrogens is 322 g/mol. The third-order valence-electron chi connectivity index (χ3n) is 2.62. The third-order valence-corrected chi connectivity index (χ3v) is 4.13. The van der Waals surface area contributed by atoms with Gasteiger partial charge in [0.1, 0.15) is 0 Å². The molecule has 0 unspecified atom stereocenters. The van der Waals surface area contributed by atoms with Gasteiger partial charge in [-0.1, -0.05) is 35.3 Å². The van der Waals surface area contributed by atoms with Crippen LogP contribution in [0.5, 0.6) is 0 Å². The van der Waals surface area contributed by atoms with Crippen LogP contribution in [0.15, 0.2) is 42.5 Å². The highest BCUT2D eigenvalue weighted by Gasteiger charge is 2.20. The molecule has 0 bridgehead atoms. The second-order valence-electron chi connectivity index (χ2n) is 4.05. The standard InChI is InChI=1S/C13H9Cl2O4P/c14-9-4-5-12(15)11(7-9)13(16)8-2-1-3-10(6-8)20(17,18)19/h1-7H,(H2,17,18,19). The summed E-state index contributed by atoms with van der Waals surface area (Å²) in [5.74, 6) is -0.451. The predicted molar refractivity (Wildman–Crippen MR) is 78.0 cm³/mol. The number of benzene rings is 2. The quantitative estimate of drug-likeness (QED) is 0.670. The lowest BCUT2D eigenvalue weighted by molar-refractivity contribution is 0.103. The van der Waals surface area contributed by atoms with Crippen LogP contribution in [0.4, 0.5) is 0 Å². The number of rotatable bonds is 3. The molecule has 0 fully saturated rings. The van der Waals surface area contributed by atoms with E-state index in [9.17, 15) is 9.36 Å². The van der Waals surface area contributed by atoms with Gasteiger partial charge in [0.2, 0.25) is 0 Å². The molecule has 0 spiro atoms. The van der Waals surface area contributed by atoms with Gasteiger partial charge in [-0.3, -0.25) is 9.36 Å². The van der Waals surface area contributed by atoms with Crippen LogP contribution in [0.25, 0.3) is 0 Å². The van der Waals surface area contributed by atoms with Gasteiger partial charge in [0, 0.05) is 16.1 Å². The summed E-state index contributed by atoms with van der Waals surface area (Å²) < 4.78 is 11.2. The Bertz CT molecular complexity index is 724. The third kappa shape index (κ3) is 3.29. The molecule has 20 heavy (non-hydrogen) atoms. The molecular formula is C13H9Cl2O4P. The van der Waals surface area contributed by atoms with Gasteiger partial charge in [0.05, 0.1) is 10.3 Å². The van der Waals surface area contributed by atoms with Gasteiger partial charge in [0.25, 0.3) is 0 Å². The molecule has 0 aliphatic carbocycles. The number of hydrogen-bond donors (Lipinski definition) is 2. The lowest BCUT2D eigenvalue weighted by atomic mass is 10.0. The monoisotopic (exact) mass is 330 g/mol. The van der Waals surface area contributed by atoms with Gasteiger partial charge >= 0.3 is 7.60 Å². The van der Waals surface area contributed by atoms with Crippen LogP contribution < -0.4 is 5.30 Å². The van der Waals surface area contributed by atoms with Gasteiger partial charge in [-0.05, 0) is 30.3 Å². The Balaban J connectivity index is 2.49. The maximum absolute atomic E-state index is 12.3. The lowest BCUT2D eigenvalue weighted by Crippen LogP contribution is -2.09. The summed E-state index contributed by atoms with van der Waals surface area (Å²) in [5.41, 5.74) is 0.317. The fourth-order valence-electron chi connectivity index (χ4n) is 1.66. The molecule has 0 aromatic heterocycles. The fraction of sp³-hybridized carbons (Fsp3) is 0.